The maximum absolute atomic E-state index is 12.2. The molecule has 1 aromatic carbocycles. The Labute approximate surface area is 124 Å². The number of rotatable bonds is 3. The minimum atomic E-state index is 0.191. The molecule has 108 valence electrons. The molecule has 2 aliphatic rings. The summed E-state index contributed by atoms with van der Waals surface area (Å²) in [5.41, 5.74) is 9.18. The highest BCUT2D eigenvalue weighted by Gasteiger charge is 2.25. The molecule has 1 aromatic rings. The number of carbonyl (C=O) groups excluding carboxylic acids is 1. The predicted molar refractivity (Wildman–Crippen MR) is 84.7 cm³/mol. The van der Waals surface area contributed by atoms with Gasteiger partial charge in [-0.05, 0) is 66.4 Å². The van der Waals surface area contributed by atoms with Crippen LogP contribution in [0.1, 0.15) is 42.9 Å². The third-order valence-corrected chi connectivity index (χ3v) is 5.44. The molecule has 0 spiro atoms. The zero-order valence-corrected chi connectivity index (χ0v) is 12.5. The van der Waals surface area contributed by atoms with Gasteiger partial charge in [0.05, 0.1) is 6.04 Å². The van der Waals surface area contributed by atoms with E-state index in [0.29, 0.717) is 12.3 Å². The van der Waals surface area contributed by atoms with Gasteiger partial charge in [0, 0.05) is 12.1 Å². The lowest BCUT2D eigenvalue weighted by molar-refractivity contribution is -0.122. The van der Waals surface area contributed by atoms with E-state index in [0.717, 1.165) is 18.5 Å². The standard InChI is InChI=1S/C16H22N2OS/c17-13-2-3-14-12(10-13)1-4-15(14)18-16(19)9-11-5-7-20-8-6-11/h2-3,10-11,15H,1,4-9,17H2,(H,18,19). The quantitative estimate of drug-likeness (QED) is 0.842. The Morgan fingerprint density at radius 3 is 2.90 bits per heavy atom. The number of nitrogens with two attached hydrogens (primary N) is 1. The molecule has 1 aliphatic carbocycles. The summed E-state index contributed by atoms with van der Waals surface area (Å²) in [6.07, 6.45) is 5.10. The largest absolute Gasteiger partial charge is 0.399 e. The Bertz CT molecular complexity index is 497. The number of nitrogens with one attached hydrogen (secondary N) is 1. The van der Waals surface area contributed by atoms with Crippen LogP contribution in [0.5, 0.6) is 0 Å². The van der Waals surface area contributed by atoms with Crippen LogP contribution in [0.4, 0.5) is 5.69 Å². The average Bonchev–Trinajstić information content (AvgIpc) is 2.82. The predicted octanol–water partition coefficient (Wildman–Crippen LogP) is 2.91. The normalized spacial score (nSPS) is 22.5. The average molecular weight is 290 g/mol. The van der Waals surface area contributed by atoms with Gasteiger partial charge in [0.2, 0.25) is 5.91 Å². The van der Waals surface area contributed by atoms with Crippen LogP contribution in [-0.2, 0) is 11.2 Å². The first-order valence-corrected chi connectivity index (χ1v) is 8.63. The number of carbonyl (C=O) groups is 1. The number of anilines is 1. The smallest absolute Gasteiger partial charge is 0.220 e. The van der Waals surface area contributed by atoms with Crippen LogP contribution in [-0.4, -0.2) is 17.4 Å². The van der Waals surface area contributed by atoms with E-state index in [-0.39, 0.29) is 11.9 Å². The molecule has 1 unspecified atom stereocenters. The first-order chi connectivity index (χ1) is 9.72. The molecule has 1 aliphatic heterocycles. The molecule has 4 heteroatoms. The Balaban J connectivity index is 1.58. The molecule has 3 rings (SSSR count). The number of benzene rings is 1. The molecule has 0 aromatic heterocycles. The Morgan fingerprint density at radius 2 is 2.10 bits per heavy atom. The van der Waals surface area contributed by atoms with Gasteiger partial charge in [0.1, 0.15) is 0 Å². The van der Waals surface area contributed by atoms with Crippen LogP contribution in [0.15, 0.2) is 18.2 Å². The van der Waals surface area contributed by atoms with Gasteiger partial charge in [-0.3, -0.25) is 4.79 Å². The van der Waals surface area contributed by atoms with Crippen molar-refractivity contribution in [2.24, 2.45) is 5.92 Å². The van der Waals surface area contributed by atoms with Crippen LogP contribution in [0.25, 0.3) is 0 Å². The van der Waals surface area contributed by atoms with Gasteiger partial charge in [-0.25, -0.2) is 0 Å². The number of thioether (sulfide) groups is 1. The van der Waals surface area contributed by atoms with Crippen molar-refractivity contribution in [1.82, 2.24) is 5.32 Å². The third-order valence-electron chi connectivity index (χ3n) is 4.39. The Hall–Kier alpha value is -1.16. The minimum absolute atomic E-state index is 0.191. The van der Waals surface area contributed by atoms with Crippen molar-refractivity contribution in [3.63, 3.8) is 0 Å². The van der Waals surface area contributed by atoms with E-state index in [2.05, 4.69) is 11.4 Å². The second-order valence-corrected chi connectivity index (χ2v) is 7.10. The zero-order chi connectivity index (χ0) is 13.9. The van der Waals surface area contributed by atoms with Gasteiger partial charge in [-0.15, -0.1) is 0 Å². The van der Waals surface area contributed by atoms with Crippen LogP contribution in [0.2, 0.25) is 0 Å². The zero-order valence-electron chi connectivity index (χ0n) is 11.7. The molecule has 0 saturated carbocycles. The van der Waals surface area contributed by atoms with Crippen molar-refractivity contribution in [3.05, 3.63) is 29.3 Å². The summed E-state index contributed by atoms with van der Waals surface area (Å²) in [5.74, 6) is 3.23. The molecule has 0 radical (unpaired) electrons. The summed E-state index contributed by atoms with van der Waals surface area (Å²) in [5, 5.41) is 3.22. The van der Waals surface area contributed by atoms with E-state index in [1.54, 1.807) is 0 Å². The van der Waals surface area contributed by atoms with Gasteiger partial charge in [0.25, 0.3) is 0 Å². The molecule has 1 heterocycles. The molecule has 20 heavy (non-hydrogen) atoms. The maximum atomic E-state index is 12.2. The van der Waals surface area contributed by atoms with E-state index in [1.165, 1.54) is 35.5 Å². The Morgan fingerprint density at radius 1 is 1.30 bits per heavy atom. The van der Waals surface area contributed by atoms with Gasteiger partial charge in [-0.1, -0.05) is 6.07 Å². The molecule has 1 saturated heterocycles. The van der Waals surface area contributed by atoms with Crippen LogP contribution >= 0.6 is 11.8 Å². The molecular weight excluding hydrogens is 268 g/mol. The van der Waals surface area contributed by atoms with Crippen LogP contribution < -0.4 is 11.1 Å². The monoisotopic (exact) mass is 290 g/mol. The number of aryl methyl sites for hydroxylation is 1. The highest BCUT2D eigenvalue weighted by molar-refractivity contribution is 7.99. The van der Waals surface area contributed by atoms with Crippen LogP contribution in [0, 0.1) is 5.92 Å². The van der Waals surface area contributed by atoms with Crippen molar-refractivity contribution < 1.29 is 4.79 Å². The third kappa shape index (κ3) is 3.11. The lowest BCUT2D eigenvalue weighted by Crippen LogP contribution is -2.29. The summed E-state index contributed by atoms with van der Waals surface area (Å²) in [4.78, 5) is 12.2. The number of hydrogen-bond acceptors (Lipinski definition) is 3. The van der Waals surface area contributed by atoms with Gasteiger partial charge in [-0.2, -0.15) is 11.8 Å². The number of fused-ring (bicyclic) bond motifs is 1. The second kappa shape index (κ2) is 6.08. The number of nitrogen functional groups attached to an aromatic ring is 1. The molecule has 3 nitrogen and oxygen atoms in total. The molecule has 1 atom stereocenters. The number of hydrogen-bond donors (Lipinski definition) is 2. The van der Waals surface area contributed by atoms with Crippen molar-refractivity contribution >= 4 is 23.4 Å². The summed E-state index contributed by atoms with van der Waals surface area (Å²) in [7, 11) is 0. The van der Waals surface area contributed by atoms with Gasteiger partial charge >= 0.3 is 0 Å². The lowest BCUT2D eigenvalue weighted by Gasteiger charge is -2.22. The maximum Gasteiger partial charge on any atom is 0.220 e. The summed E-state index contributed by atoms with van der Waals surface area (Å²) in [6.45, 7) is 0. The molecule has 1 fully saturated rings. The Kier molecular flexibility index (Phi) is 4.20. The van der Waals surface area contributed by atoms with Crippen LogP contribution in [0.3, 0.4) is 0 Å². The molecule has 1 amide bonds. The van der Waals surface area contributed by atoms with Gasteiger partial charge in [0.15, 0.2) is 0 Å². The van der Waals surface area contributed by atoms with E-state index < -0.39 is 0 Å². The fourth-order valence-corrected chi connectivity index (χ4v) is 4.46. The lowest BCUT2D eigenvalue weighted by atomic mass is 9.98. The summed E-state index contributed by atoms with van der Waals surface area (Å²) >= 11 is 2.01. The van der Waals surface area contributed by atoms with Gasteiger partial charge < -0.3 is 11.1 Å². The van der Waals surface area contributed by atoms with Crippen molar-refractivity contribution in [2.75, 3.05) is 17.2 Å². The molecule has 0 bridgehead atoms. The minimum Gasteiger partial charge on any atom is -0.399 e. The first kappa shape index (κ1) is 13.8. The first-order valence-electron chi connectivity index (χ1n) is 7.48. The summed E-state index contributed by atoms with van der Waals surface area (Å²) in [6, 6.07) is 6.23. The van der Waals surface area contributed by atoms with Crippen molar-refractivity contribution in [2.45, 2.75) is 38.1 Å². The van der Waals surface area contributed by atoms with Crippen molar-refractivity contribution in [3.8, 4) is 0 Å². The van der Waals surface area contributed by atoms with Crippen molar-refractivity contribution in [1.29, 1.82) is 0 Å². The second-order valence-electron chi connectivity index (χ2n) is 5.88. The topological polar surface area (TPSA) is 55.1 Å². The molecular formula is C16H22N2OS. The van der Waals surface area contributed by atoms with E-state index in [9.17, 15) is 4.79 Å². The number of amides is 1. The fourth-order valence-electron chi connectivity index (χ4n) is 3.25. The highest BCUT2D eigenvalue weighted by Crippen LogP contribution is 2.33. The highest BCUT2D eigenvalue weighted by atomic mass is 32.2. The SMILES string of the molecule is Nc1ccc2c(c1)CCC2NC(=O)CC1CCSCC1. The van der Waals surface area contributed by atoms with E-state index in [4.69, 9.17) is 5.73 Å². The van der Waals surface area contributed by atoms with E-state index in [1.807, 2.05) is 23.9 Å². The van der Waals surface area contributed by atoms with E-state index >= 15 is 0 Å². The summed E-state index contributed by atoms with van der Waals surface area (Å²) < 4.78 is 0. The fraction of sp³-hybridized carbons (Fsp3) is 0.562. The molecule has 3 N–H and O–H groups in total.